The third kappa shape index (κ3) is 3.68. The molecule has 1 aliphatic carbocycles. The lowest BCUT2D eigenvalue weighted by Crippen LogP contribution is -2.48. The molecule has 1 N–H and O–H groups in total. The SMILES string of the molecule is COC1CCN(S(=O)(=O)CC2CC(N(C)c3ncnc4[nH]ccc34)C2)CC1. The van der Waals surface area contributed by atoms with Gasteiger partial charge in [0.2, 0.25) is 10.0 Å². The Morgan fingerprint density at radius 1 is 1.30 bits per heavy atom. The van der Waals surface area contributed by atoms with Crippen molar-refractivity contribution in [1.29, 1.82) is 0 Å². The average molecular weight is 394 g/mol. The Balaban J connectivity index is 1.33. The molecule has 2 fully saturated rings. The van der Waals surface area contributed by atoms with Crippen LogP contribution in [0.2, 0.25) is 0 Å². The average Bonchev–Trinajstić information content (AvgIpc) is 3.12. The highest BCUT2D eigenvalue weighted by Crippen LogP contribution is 2.36. The Labute approximate surface area is 160 Å². The van der Waals surface area contributed by atoms with Crippen LogP contribution in [0.15, 0.2) is 18.6 Å². The molecule has 0 spiro atoms. The summed E-state index contributed by atoms with van der Waals surface area (Å²) in [5, 5.41) is 0.997. The molecule has 0 radical (unpaired) electrons. The standard InChI is InChI=1S/C18H27N5O3S/c1-22(18-16-3-6-19-17(16)20-12-21-18)14-9-13(10-14)11-27(24,25)23-7-4-15(26-2)5-8-23/h3,6,12-15H,4-5,7-11H2,1-2H3,(H,19,20,21). The van der Waals surface area contributed by atoms with E-state index in [9.17, 15) is 8.42 Å². The summed E-state index contributed by atoms with van der Waals surface area (Å²) in [6, 6.07) is 2.29. The third-order valence-corrected chi connectivity index (χ3v) is 8.04. The van der Waals surface area contributed by atoms with Crippen LogP contribution in [0.5, 0.6) is 0 Å². The number of aromatic amines is 1. The minimum Gasteiger partial charge on any atom is -0.381 e. The van der Waals surface area contributed by atoms with Crippen LogP contribution in [0.4, 0.5) is 5.82 Å². The lowest BCUT2D eigenvalue weighted by molar-refractivity contribution is 0.0602. The molecule has 3 heterocycles. The van der Waals surface area contributed by atoms with Gasteiger partial charge < -0.3 is 14.6 Å². The zero-order chi connectivity index (χ0) is 19.0. The lowest BCUT2D eigenvalue weighted by Gasteiger charge is -2.42. The van der Waals surface area contributed by atoms with Crippen molar-refractivity contribution in [2.75, 3.05) is 37.9 Å². The van der Waals surface area contributed by atoms with Crippen LogP contribution in [0.1, 0.15) is 25.7 Å². The molecule has 0 aromatic carbocycles. The first kappa shape index (κ1) is 18.6. The van der Waals surface area contributed by atoms with E-state index in [0.29, 0.717) is 19.1 Å². The van der Waals surface area contributed by atoms with Crippen molar-refractivity contribution in [2.45, 2.75) is 37.8 Å². The number of hydrogen-bond donors (Lipinski definition) is 1. The molecule has 0 atom stereocenters. The van der Waals surface area contributed by atoms with Crippen LogP contribution in [-0.4, -0.2) is 72.8 Å². The van der Waals surface area contributed by atoms with Crippen LogP contribution in [0.25, 0.3) is 11.0 Å². The second-order valence-electron chi connectivity index (χ2n) is 7.65. The van der Waals surface area contributed by atoms with Crippen molar-refractivity contribution in [2.24, 2.45) is 5.92 Å². The zero-order valence-electron chi connectivity index (χ0n) is 15.8. The molecule has 1 aliphatic heterocycles. The van der Waals surface area contributed by atoms with Crippen LogP contribution in [-0.2, 0) is 14.8 Å². The third-order valence-electron chi connectivity index (χ3n) is 6.00. The number of aromatic nitrogens is 3. The van der Waals surface area contributed by atoms with Gasteiger partial charge in [-0.2, -0.15) is 0 Å². The molecule has 8 nitrogen and oxygen atoms in total. The van der Waals surface area contributed by atoms with Crippen LogP contribution < -0.4 is 4.90 Å². The Bertz CT molecular complexity index is 885. The van der Waals surface area contributed by atoms with Gasteiger partial charge >= 0.3 is 0 Å². The Kier molecular flexibility index (Phi) is 5.09. The number of nitrogens with zero attached hydrogens (tertiary/aromatic N) is 4. The van der Waals surface area contributed by atoms with Crippen LogP contribution in [0, 0.1) is 5.92 Å². The lowest BCUT2D eigenvalue weighted by atomic mass is 9.81. The molecule has 1 saturated heterocycles. The van der Waals surface area contributed by atoms with Crippen LogP contribution >= 0.6 is 0 Å². The van der Waals surface area contributed by atoms with Crippen molar-refractivity contribution in [3.63, 3.8) is 0 Å². The smallest absolute Gasteiger partial charge is 0.214 e. The second kappa shape index (κ2) is 7.37. The van der Waals surface area contributed by atoms with Gasteiger partial charge in [0.1, 0.15) is 17.8 Å². The molecular weight excluding hydrogens is 366 g/mol. The van der Waals surface area contributed by atoms with Gasteiger partial charge in [-0.25, -0.2) is 22.7 Å². The first-order valence-electron chi connectivity index (χ1n) is 9.49. The molecule has 0 amide bonds. The molecule has 9 heteroatoms. The number of ether oxygens (including phenoxy) is 1. The summed E-state index contributed by atoms with van der Waals surface area (Å²) in [5.41, 5.74) is 0.824. The van der Waals surface area contributed by atoms with Gasteiger partial charge in [-0.15, -0.1) is 0 Å². The summed E-state index contributed by atoms with van der Waals surface area (Å²) >= 11 is 0. The minimum absolute atomic E-state index is 0.191. The van der Waals surface area contributed by atoms with E-state index in [-0.39, 0.29) is 17.8 Å². The molecule has 1 saturated carbocycles. The van der Waals surface area contributed by atoms with Crippen molar-refractivity contribution < 1.29 is 13.2 Å². The van der Waals surface area contributed by atoms with E-state index in [1.165, 1.54) is 0 Å². The summed E-state index contributed by atoms with van der Waals surface area (Å²) in [7, 11) is 0.535. The number of nitrogens with one attached hydrogen (secondary N) is 1. The second-order valence-corrected chi connectivity index (χ2v) is 9.67. The number of methoxy groups -OCH3 is 1. The van der Waals surface area contributed by atoms with E-state index in [1.54, 1.807) is 17.7 Å². The molecule has 2 aromatic rings. The number of H-pyrrole nitrogens is 1. The van der Waals surface area contributed by atoms with Crippen molar-refractivity contribution in [1.82, 2.24) is 19.3 Å². The van der Waals surface area contributed by atoms with Crippen molar-refractivity contribution in [3.8, 4) is 0 Å². The summed E-state index contributed by atoms with van der Waals surface area (Å²) in [4.78, 5) is 13.9. The fraction of sp³-hybridized carbons (Fsp3) is 0.667. The molecule has 0 bridgehead atoms. The van der Waals surface area contributed by atoms with Gasteiger partial charge in [0.25, 0.3) is 0 Å². The molecule has 148 valence electrons. The van der Waals surface area contributed by atoms with Gasteiger partial charge in [0.15, 0.2) is 0 Å². The van der Waals surface area contributed by atoms with E-state index in [2.05, 4.69) is 19.9 Å². The van der Waals surface area contributed by atoms with Gasteiger partial charge in [-0.3, -0.25) is 0 Å². The highest BCUT2D eigenvalue weighted by molar-refractivity contribution is 7.89. The minimum atomic E-state index is -3.19. The Morgan fingerprint density at radius 2 is 2.04 bits per heavy atom. The summed E-state index contributed by atoms with van der Waals surface area (Å²) in [6.45, 7) is 1.15. The number of anilines is 1. The largest absolute Gasteiger partial charge is 0.381 e. The summed E-state index contributed by atoms with van der Waals surface area (Å²) in [6.07, 6.45) is 6.93. The monoisotopic (exact) mass is 393 g/mol. The number of rotatable bonds is 6. The number of hydrogen-bond acceptors (Lipinski definition) is 6. The molecule has 0 unspecified atom stereocenters. The van der Waals surface area contributed by atoms with E-state index in [1.807, 2.05) is 19.3 Å². The predicted molar refractivity (Wildman–Crippen MR) is 104 cm³/mol. The Morgan fingerprint density at radius 3 is 2.74 bits per heavy atom. The fourth-order valence-corrected chi connectivity index (χ4v) is 6.06. The number of fused-ring (bicyclic) bond motifs is 1. The number of sulfonamides is 1. The zero-order valence-corrected chi connectivity index (χ0v) is 16.7. The fourth-order valence-electron chi connectivity index (χ4n) is 4.21. The maximum absolute atomic E-state index is 12.7. The van der Waals surface area contributed by atoms with Gasteiger partial charge in [-0.05, 0) is 37.7 Å². The predicted octanol–water partition coefficient (Wildman–Crippen LogP) is 1.61. The van der Waals surface area contributed by atoms with Gasteiger partial charge in [0.05, 0.1) is 17.2 Å². The normalized spacial score (nSPS) is 24.8. The highest BCUT2D eigenvalue weighted by atomic mass is 32.2. The maximum atomic E-state index is 12.7. The Hall–Kier alpha value is -1.71. The molecule has 2 aliphatic rings. The first-order chi connectivity index (χ1) is 13.0. The van der Waals surface area contributed by atoms with E-state index in [0.717, 1.165) is 42.5 Å². The molecule has 4 rings (SSSR count). The van der Waals surface area contributed by atoms with Gasteiger partial charge in [0, 0.05) is 39.5 Å². The summed E-state index contributed by atoms with van der Waals surface area (Å²) < 4.78 is 32.4. The quantitative estimate of drug-likeness (QED) is 0.802. The van der Waals surface area contributed by atoms with Gasteiger partial charge in [-0.1, -0.05) is 0 Å². The number of piperidine rings is 1. The maximum Gasteiger partial charge on any atom is 0.214 e. The van der Waals surface area contributed by atoms with Crippen molar-refractivity contribution >= 4 is 26.9 Å². The molecular formula is C18H27N5O3S. The molecule has 2 aromatic heterocycles. The van der Waals surface area contributed by atoms with E-state index >= 15 is 0 Å². The van der Waals surface area contributed by atoms with Crippen molar-refractivity contribution in [3.05, 3.63) is 18.6 Å². The van der Waals surface area contributed by atoms with E-state index < -0.39 is 10.0 Å². The molecule has 27 heavy (non-hydrogen) atoms. The highest BCUT2D eigenvalue weighted by Gasteiger charge is 2.38. The topological polar surface area (TPSA) is 91.4 Å². The first-order valence-corrected chi connectivity index (χ1v) is 11.1. The summed E-state index contributed by atoms with van der Waals surface area (Å²) in [5.74, 6) is 1.36. The van der Waals surface area contributed by atoms with E-state index in [4.69, 9.17) is 4.74 Å². The van der Waals surface area contributed by atoms with Crippen LogP contribution in [0.3, 0.4) is 0 Å².